The van der Waals surface area contributed by atoms with Crippen molar-refractivity contribution in [2.75, 3.05) is 35.4 Å². The van der Waals surface area contributed by atoms with E-state index in [-0.39, 0.29) is 28.7 Å². The number of carbonyl (C=O) groups excluding carboxylic acids is 1. The maximum Gasteiger partial charge on any atom is 0.248 e. The lowest BCUT2D eigenvalue weighted by Gasteiger charge is -2.25. The van der Waals surface area contributed by atoms with Crippen molar-refractivity contribution in [3.8, 4) is 0 Å². The summed E-state index contributed by atoms with van der Waals surface area (Å²) in [6.07, 6.45) is 6.41. The molecule has 1 saturated carbocycles. The van der Waals surface area contributed by atoms with Crippen molar-refractivity contribution in [1.29, 1.82) is 0 Å². The molecular formula is C21H29N3O3S2. The molecule has 2 aliphatic heterocycles. The van der Waals surface area contributed by atoms with E-state index >= 15 is 0 Å². The van der Waals surface area contributed by atoms with Crippen LogP contribution >= 0.6 is 11.8 Å². The van der Waals surface area contributed by atoms with Gasteiger partial charge in [0.15, 0.2) is 15.0 Å². The van der Waals surface area contributed by atoms with E-state index in [9.17, 15) is 13.2 Å². The number of hydrogen-bond donors (Lipinski definition) is 0. The van der Waals surface area contributed by atoms with Gasteiger partial charge >= 0.3 is 0 Å². The van der Waals surface area contributed by atoms with Crippen molar-refractivity contribution in [3.05, 3.63) is 24.3 Å². The van der Waals surface area contributed by atoms with Crippen molar-refractivity contribution in [3.63, 3.8) is 0 Å². The molecule has 158 valence electrons. The van der Waals surface area contributed by atoms with Crippen molar-refractivity contribution in [1.82, 2.24) is 0 Å². The number of aliphatic imine (C=N–C) groups is 1. The van der Waals surface area contributed by atoms with E-state index in [1.807, 2.05) is 48.2 Å². The van der Waals surface area contributed by atoms with Crippen LogP contribution in [0.25, 0.3) is 0 Å². The number of amides is 1. The molecule has 0 N–H and O–H groups in total. The molecule has 3 aliphatic rings. The number of carbonyl (C=O) groups is 1. The summed E-state index contributed by atoms with van der Waals surface area (Å²) >= 11 is 1.45. The van der Waals surface area contributed by atoms with Crippen LogP contribution in [0.5, 0.6) is 0 Å². The van der Waals surface area contributed by atoms with Gasteiger partial charge in [-0.25, -0.2) is 8.42 Å². The van der Waals surface area contributed by atoms with Gasteiger partial charge in [0.25, 0.3) is 0 Å². The number of amidine groups is 1. The second-order valence-electron chi connectivity index (χ2n) is 8.58. The molecule has 2 unspecified atom stereocenters. The highest BCUT2D eigenvalue weighted by molar-refractivity contribution is 8.16. The maximum atomic E-state index is 12.7. The molecule has 6 nitrogen and oxygen atoms in total. The molecule has 0 radical (unpaired) electrons. The number of anilines is 2. The average Bonchev–Trinajstić information content (AvgIpc) is 3.13. The Labute approximate surface area is 177 Å². The first-order chi connectivity index (χ1) is 13.8. The molecule has 1 aliphatic carbocycles. The van der Waals surface area contributed by atoms with Crippen LogP contribution in [0.15, 0.2) is 29.3 Å². The first-order valence-electron chi connectivity index (χ1n) is 10.4. The minimum atomic E-state index is -3.05. The lowest BCUT2D eigenvalue weighted by molar-refractivity contribution is -0.118. The highest BCUT2D eigenvalue weighted by atomic mass is 32.2. The highest BCUT2D eigenvalue weighted by Gasteiger charge is 2.49. The summed E-state index contributed by atoms with van der Waals surface area (Å²) in [5.41, 5.74) is 1.97. The molecule has 29 heavy (non-hydrogen) atoms. The second-order valence-corrected chi connectivity index (χ2v) is 11.9. The third-order valence-corrected chi connectivity index (χ3v) is 9.33. The summed E-state index contributed by atoms with van der Waals surface area (Å²) in [5.74, 6) is 0.650. The third kappa shape index (κ3) is 4.63. The van der Waals surface area contributed by atoms with E-state index in [1.165, 1.54) is 31.0 Å². The number of thioether (sulfide) groups is 1. The quantitative estimate of drug-likeness (QED) is 0.723. The Balaban J connectivity index is 1.58. The Morgan fingerprint density at radius 2 is 1.83 bits per heavy atom. The summed E-state index contributed by atoms with van der Waals surface area (Å²) < 4.78 is 24.4. The Hall–Kier alpha value is -1.54. The van der Waals surface area contributed by atoms with Gasteiger partial charge in [-0.2, -0.15) is 4.99 Å². The van der Waals surface area contributed by atoms with E-state index < -0.39 is 9.84 Å². The van der Waals surface area contributed by atoms with E-state index in [0.29, 0.717) is 17.5 Å². The highest BCUT2D eigenvalue weighted by Crippen LogP contribution is 2.41. The maximum absolute atomic E-state index is 12.7. The third-order valence-electron chi connectivity index (χ3n) is 6.12. The fraction of sp³-hybridized carbons (Fsp3) is 0.619. The molecule has 4 rings (SSSR count). The zero-order chi connectivity index (χ0) is 20.6. The summed E-state index contributed by atoms with van der Waals surface area (Å²) in [4.78, 5) is 21.2. The Morgan fingerprint density at radius 3 is 2.48 bits per heavy atom. The van der Waals surface area contributed by atoms with Gasteiger partial charge in [-0.1, -0.05) is 31.0 Å². The molecule has 8 heteroatoms. The zero-order valence-electron chi connectivity index (χ0n) is 17.1. The summed E-state index contributed by atoms with van der Waals surface area (Å²) in [5, 5.41) is 0.600. The van der Waals surface area contributed by atoms with Crippen LogP contribution in [0.4, 0.5) is 11.4 Å². The molecule has 0 aromatic heterocycles. The monoisotopic (exact) mass is 435 g/mol. The number of benzene rings is 1. The first kappa shape index (κ1) is 20.7. The van der Waals surface area contributed by atoms with E-state index in [1.54, 1.807) is 0 Å². The Bertz CT molecular complexity index is 890. The standard InChI is InChI=1S/C21H29N3O3S2/c1-23(2)16-8-10-17(11-9-16)24-18-13-29(26,27)14-19(18)28-21(24)22-20(25)12-15-6-4-3-5-7-15/h8-11,15,18-19H,3-7,12-14H2,1-2H3. The lowest BCUT2D eigenvalue weighted by Crippen LogP contribution is -2.37. The molecule has 0 spiro atoms. The molecule has 0 bridgehead atoms. The van der Waals surface area contributed by atoms with E-state index in [0.717, 1.165) is 24.2 Å². The smallest absolute Gasteiger partial charge is 0.248 e. The predicted molar refractivity (Wildman–Crippen MR) is 121 cm³/mol. The fourth-order valence-corrected chi connectivity index (χ4v) is 8.50. The summed E-state index contributed by atoms with van der Waals surface area (Å²) in [6.45, 7) is 0. The number of hydrogen-bond acceptors (Lipinski definition) is 5. The van der Waals surface area contributed by atoms with Crippen molar-refractivity contribution >= 4 is 44.0 Å². The van der Waals surface area contributed by atoms with E-state index in [4.69, 9.17) is 0 Å². The van der Waals surface area contributed by atoms with Gasteiger partial charge in [0.1, 0.15) is 0 Å². The Morgan fingerprint density at radius 1 is 1.14 bits per heavy atom. The second kappa shape index (κ2) is 8.30. The number of sulfone groups is 1. The van der Waals surface area contributed by atoms with Crippen molar-refractivity contribution in [2.45, 2.75) is 49.8 Å². The summed E-state index contributed by atoms with van der Waals surface area (Å²) in [7, 11) is 0.913. The van der Waals surface area contributed by atoms with Crippen LogP contribution < -0.4 is 9.80 Å². The minimum absolute atomic E-state index is 0.0604. The molecule has 1 aromatic rings. The van der Waals surface area contributed by atoms with Crippen LogP contribution in [-0.4, -0.2) is 56.4 Å². The molecule has 2 heterocycles. The summed E-state index contributed by atoms with van der Waals surface area (Å²) in [6, 6.07) is 7.85. The van der Waals surface area contributed by atoms with Crippen molar-refractivity contribution in [2.24, 2.45) is 10.9 Å². The number of rotatable bonds is 4. The van der Waals surface area contributed by atoms with E-state index in [2.05, 4.69) is 4.99 Å². The number of nitrogens with zero attached hydrogens (tertiary/aromatic N) is 3. The van der Waals surface area contributed by atoms with Gasteiger partial charge in [-0.15, -0.1) is 0 Å². The van der Waals surface area contributed by atoms with Crippen LogP contribution in [0.1, 0.15) is 38.5 Å². The van der Waals surface area contributed by atoms with Gasteiger partial charge in [0.05, 0.1) is 17.5 Å². The Kier molecular flexibility index (Phi) is 5.93. The number of fused-ring (bicyclic) bond motifs is 1. The van der Waals surface area contributed by atoms with Crippen LogP contribution in [0.2, 0.25) is 0 Å². The topological polar surface area (TPSA) is 70.0 Å². The normalized spacial score (nSPS) is 27.9. The zero-order valence-corrected chi connectivity index (χ0v) is 18.7. The van der Waals surface area contributed by atoms with Crippen molar-refractivity contribution < 1.29 is 13.2 Å². The van der Waals surface area contributed by atoms with Crippen LogP contribution in [-0.2, 0) is 14.6 Å². The largest absolute Gasteiger partial charge is 0.378 e. The fourth-order valence-electron chi connectivity index (χ4n) is 4.57. The van der Waals surface area contributed by atoms with Crippen LogP contribution in [0.3, 0.4) is 0 Å². The van der Waals surface area contributed by atoms with Gasteiger partial charge < -0.3 is 9.80 Å². The molecule has 2 saturated heterocycles. The molecule has 2 atom stereocenters. The molecule has 1 amide bonds. The van der Waals surface area contributed by atoms with Gasteiger partial charge in [0.2, 0.25) is 5.91 Å². The SMILES string of the molecule is CN(C)c1ccc(N2C(=NC(=O)CC3CCCCC3)SC3CS(=O)(=O)CC32)cc1. The van der Waals surface area contributed by atoms with Gasteiger partial charge in [-0.05, 0) is 43.0 Å². The van der Waals surface area contributed by atoms with Gasteiger partial charge in [0, 0.05) is 37.1 Å². The minimum Gasteiger partial charge on any atom is -0.378 e. The molecule has 3 fully saturated rings. The average molecular weight is 436 g/mol. The lowest BCUT2D eigenvalue weighted by atomic mass is 9.87. The van der Waals surface area contributed by atoms with Gasteiger partial charge in [-0.3, -0.25) is 4.79 Å². The predicted octanol–water partition coefficient (Wildman–Crippen LogP) is 3.32. The van der Waals surface area contributed by atoms with Crippen LogP contribution in [0, 0.1) is 5.92 Å². The first-order valence-corrected chi connectivity index (χ1v) is 13.1. The molecular weight excluding hydrogens is 406 g/mol. The molecule has 1 aromatic carbocycles.